The van der Waals surface area contributed by atoms with E-state index in [2.05, 4.69) is 17.0 Å². The molecule has 1 heterocycles. The van der Waals surface area contributed by atoms with Crippen LogP contribution in [0.3, 0.4) is 0 Å². The Hall–Kier alpha value is -2.23. The van der Waals surface area contributed by atoms with Crippen LogP contribution in [0.5, 0.6) is 0 Å². The third-order valence-electron chi connectivity index (χ3n) is 3.24. The van der Waals surface area contributed by atoms with Crippen molar-refractivity contribution in [2.24, 2.45) is 0 Å². The average molecular weight is 273 g/mol. The number of aryl methyl sites for hydroxylation is 2. The van der Waals surface area contributed by atoms with Gasteiger partial charge in [0.1, 0.15) is 11.5 Å². The Kier molecular flexibility index (Phi) is 4.13. The van der Waals surface area contributed by atoms with Crippen LogP contribution in [0.25, 0.3) is 0 Å². The Morgan fingerprint density at radius 1 is 1.25 bits per heavy atom. The second kappa shape index (κ2) is 5.82. The molecule has 1 unspecified atom stereocenters. The molecule has 2 rings (SSSR count). The van der Waals surface area contributed by atoms with E-state index in [0.717, 1.165) is 22.8 Å². The third-order valence-corrected chi connectivity index (χ3v) is 3.24. The van der Waals surface area contributed by atoms with Gasteiger partial charge in [-0.05, 0) is 51.1 Å². The van der Waals surface area contributed by atoms with Crippen molar-refractivity contribution in [3.8, 4) is 0 Å². The first kappa shape index (κ1) is 14.2. The fourth-order valence-electron chi connectivity index (χ4n) is 2.23. The molecule has 0 aliphatic rings. The monoisotopic (exact) mass is 273 g/mol. The SMILES string of the molecule is COC(=O)c1ccc(NC(C)c2cc(C)oc2C)cc1. The fraction of sp³-hybridized carbons (Fsp3) is 0.312. The number of esters is 1. The van der Waals surface area contributed by atoms with Gasteiger partial charge in [0, 0.05) is 11.3 Å². The molecule has 0 saturated carbocycles. The number of rotatable bonds is 4. The molecule has 0 amide bonds. The van der Waals surface area contributed by atoms with Crippen molar-refractivity contribution in [2.75, 3.05) is 12.4 Å². The molecule has 0 fully saturated rings. The van der Waals surface area contributed by atoms with Crippen LogP contribution in [0, 0.1) is 13.8 Å². The Morgan fingerprint density at radius 2 is 1.90 bits per heavy atom. The number of carbonyl (C=O) groups excluding carboxylic acids is 1. The highest BCUT2D eigenvalue weighted by Gasteiger charge is 2.13. The van der Waals surface area contributed by atoms with Gasteiger partial charge in [0.05, 0.1) is 18.7 Å². The van der Waals surface area contributed by atoms with Gasteiger partial charge < -0.3 is 14.5 Å². The lowest BCUT2D eigenvalue weighted by Crippen LogP contribution is -2.07. The average Bonchev–Trinajstić information content (AvgIpc) is 2.78. The number of hydrogen-bond donors (Lipinski definition) is 1. The van der Waals surface area contributed by atoms with Gasteiger partial charge in [-0.2, -0.15) is 0 Å². The number of furan rings is 1. The molecule has 0 radical (unpaired) electrons. The second-order valence-electron chi connectivity index (χ2n) is 4.80. The minimum absolute atomic E-state index is 0.136. The molecule has 1 aromatic carbocycles. The van der Waals surface area contributed by atoms with E-state index < -0.39 is 0 Å². The van der Waals surface area contributed by atoms with Gasteiger partial charge in [-0.3, -0.25) is 0 Å². The summed E-state index contributed by atoms with van der Waals surface area (Å²) in [5.41, 5.74) is 2.63. The summed E-state index contributed by atoms with van der Waals surface area (Å²) in [6, 6.07) is 9.39. The minimum Gasteiger partial charge on any atom is -0.466 e. The molecular formula is C16H19NO3. The highest BCUT2D eigenvalue weighted by molar-refractivity contribution is 5.89. The van der Waals surface area contributed by atoms with E-state index in [-0.39, 0.29) is 12.0 Å². The maximum Gasteiger partial charge on any atom is 0.337 e. The fourth-order valence-corrected chi connectivity index (χ4v) is 2.23. The summed E-state index contributed by atoms with van der Waals surface area (Å²) in [5.74, 6) is 1.51. The van der Waals surface area contributed by atoms with Crippen LogP contribution in [0.2, 0.25) is 0 Å². The van der Waals surface area contributed by atoms with Crippen molar-refractivity contribution >= 4 is 11.7 Å². The molecule has 1 aromatic heterocycles. The zero-order valence-electron chi connectivity index (χ0n) is 12.2. The van der Waals surface area contributed by atoms with Crippen LogP contribution >= 0.6 is 0 Å². The van der Waals surface area contributed by atoms with Gasteiger partial charge in [0.2, 0.25) is 0 Å². The third kappa shape index (κ3) is 3.02. The lowest BCUT2D eigenvalue weighted by molar-refractivity contribution is 0.0601. The molecule has 0 saturated heterocycles. The Balaban J connectivity index is 2.10. The largest absolute Gasteiger partial charge is 0.466 e. The van der Waals surface area contributed by atoms with E-state index in [9.17, 15) is 4.79 Å². The van der Waals surface area contributed by atoms with E-state index >= 15 is 0 Å². The summed E-state index contributed by atoms with van der Waals surface area (Å²) in [6.07, 6.45) is 0. The first-order chi connectivity index (χ1) is 9.51. The zero-order chi connectivity index (χ0) is 14.7. The van der Waals surface area contributed by atoms with Gasteiger partial charge in [0.25, 0.3) is 0 Å². The number of nitrogens with one attached hydrogen (secondary N) is 1. The standard InChI is InChI=1S/C16H19NO3/c1-10-9-15(12(3)20-10)11(2)17-14-7-5-13(6-8-14)16(18)19-4/h5-9,11,17H,1-4H3. The molecule has 1 N–H and O–H groups in total. The highest BCUT2D eigenvalue weighted by atomic mass is 16.5. The smallest absolute Gasteiger partial charge is 0.337 e. The Morgan fingerprint density at radius 3 is 2.40 bits per heavy atom. The van der Waals surface area contributed by atoms with Crippen LogP contribution in [0.4, 0.5) is 5.69 Å². The van der Waals surface area contributed by atoms with Crippen molar-refractivity contribution in [3.05, 3.63) is 53.0 Å². The molecule has 0 aliphatic carbocycles. The summed E-state index contributed by atoms with van der Waals surface area (Å²) >= 11 is 0. The van der Waals surface area contributed by atoms with Gasteiger partial charge in [0.15, 0.2) is 0 Å². The molecular weight excluding hydrogens is 254 g/mol. The Bertz CT molecular complexity index is 599. The van der Waals surface area contributed by atoms with Gasteiger partial charge in [-0.1, -0.05) is 0 Å². The van der Waals surface area contributed by atoms with E-state index in [1.165, 1.54) is 7.11 Å². The van der Waals surface area contributed by atoms with Crippen LogP contribution in [0.1, 0.15) is 40.4 Å². The molecule has 20 heavy (non-hydrogen) atoms. The molecule has 4 heteroatoms. The minimum atomic E-state index is -0.328. The maximum absolute atomic E-state index is 11.4. The summed E-state index contributed by atoms with van der Waals surface area (Å²) in [7, 11) is 1.38. The molecule has 4 nitrogen and oxygen atoms in total. The van der Waals surface area contributed by atoms with Crippen molar-refractivity contribution in [2.45, 2.75) is 26.8 Å². The van der Waals surface area contributed by atoms with Crippen LogP contribution in [-0.2, 0) is 4.74 Å². The van der Waals surface area contributed by atoms with E-state index in [0.29, 0.717) is 5.56 Å². The van der Waals surface area contributed by atoms with E-state index in [1.807, 2.05) is 32.0 Å². The van der Waals surface area contributed by atoms with Crippen LogP contribution < -0.4 is 5.32 Å². The lowest BCUT2D eigenvalue weighted by atomic mass is 10.1. The van der Waals surface area contributed by atoms with Crippen molar-refractivity contribution < 1.29 is 13.9 Å². The van der Waals surface area contributed by atoms with Gasteiger partial charge in [-0.15, -0.1) is 0 Å². The summed E-state index contributed by atoms with van der Waals surface area (Å²) < 4.78 is 10.2. The summed E-state index contributed by atoms with van der Waals surface area (Å²) in [5, 5.41) is 3.38. The Labute approximate surface area is 118 Å². The van der Waals surface area contributed by atoms with E-state index in [4.69, 9.17) is 4.42 Å². The summed E-state index contributed by atoms with van der Waals surface area (Å²) in [6.45, 7) is 5.97. The maximum atomic E-state index is 11.4. The molecule has 0 spiro atoms. The predicted molar refractivity (Wildman–Crippen MR) is 78.0 cm³/mol. The van der Waals surface area contributed by atoms with Crippen molar-refractivity contribution in [3.63, 3.8) is 0 Å². The van der Waals surface area contributed by atoms with Crippen molar-refractivity contribution in [1.82, 2.24) is 0 Å². The number of carbonyl (C=O) groups is 1. The molecule has 0 bridgehead atoms. The topological polar surface area (TPSA) is 51.5 Å². The summed E-state index contributed by atoms with van der Waals surface area (Å²) in [4.78, 5) is 11.4. The first-order valence-electron chi connectivity index (χ1n) is 6.53. The number of hydrogen-bond acceptors (Lipinski definition) is 4. The number of anilines is 1. The number of ether oxygens (including phenoxy) is 1. The second-order valence-corrected chi connectivity index (χ2v) is 4.80. The molecule has 0 aliphatic heterocycles. The molecule has 106 valence electrons. The highest BCUT2D eigenvalue weighted by Crippen LogP contribution is 2.25. The molecule has 2 aromatic rings. The quantitative estimate of drug-likeness (QED) is 0.859. The number of methoxy groups -OCH3 is 1. The van der Waals surface area contributed by atoms with Crippen LogP contribution in [0.15, 0.2) is 34.7 Å². The normalized spacial score (nSPS) is 12.0. The number of benzene rings is 1. The molecule has 1 atom stereocenters. The van der Waals surface area contributed by atoms with Gasteiger partial charge in [-0.25, -0.2) is 4.79 Å². The predicted octanol–water partition coefficient (Wildman–Crippen LogP) is 3.86. The lowest BCUT2D eigenvalue weighted by Gasteiger charge is -2.14. The zero-order valence-corrected chi connectivity index (χ0v) is 12.2. The van der Waals surface area contributed by atoms with Crippen molar-refractivity contribution in [1.29, 1.82) is 0 Å². The first-order valence-corrected chi connectivity index (χ1v) is 6.53. The van der Waals surface area contributed by atoms with Crippen LogP contribution in [-0.4, -0.2) is 13.1 Å². The van der Waals surface area contributed by atoms with Gasteiger partial charge >= 0.3 is 5.97 Å². The van der Waals surface area contributed by atoms with E-state index in [1.54, 1.807) is 12.1 Å².